The third-order valence-electron chi connectivity index (χ3n) is 4.87. The molecular formula is C23H19Cl2F3N2O4S. The molecule has 0 heterocycles. The summed E-state index contributed by atoms with van der Waals surface area (Å²) < 4.78 is 73.0. The summed E-state index contributed by atoms with van der Waals surface area (Å²) >= 11 is 11.7. The molecule has 1 amide bonds. The van der Waals surface area contributed by atoms with E-state index in [4.69, 9.17) is 27.9 Å². The van der Waals surface area contributed by atoms with E-state index in [2.05, 4.69) is 10.0 Å². The summed E-state index contributed by atoms with van der Waals surface area (Å²) in [5, 5.41) is 1.84. The summed E-state index contributed by atoms with van der Waals surface area (Å²) in [6.45, 7) is 0. The summed E-state index contributed by atoms with van der Waals surface area (Å²) in [6.07, 6.45) is -4.81. The number of amides is 1. The van der Waals surface area contributed by atoms with E-state index in [0.29, 0.717) is 11.6 Å². The Hall–Kier alpha value is -2.79. The minimum Gasteiger partial charge on any atom is -0.495 e. The van der Waals surface area contributed by atoms with Crippen molar-refractivity contribution in [1.82, 2.24) is 4.72 Å². The first-order chi connectivity index (χ1) is 16.4. The fourth-order valence-corrected chi connectivity index (χ4v) is 4.93. The molecule has 1 unspecified atom stereocenters. The number of alkyl halides is 3. The molecule has 1 atom stereocenters. The van der Waals surface area contributed by atoms with Crippen molar-refractivity contribution in [3.63, 3.8) is 0 Å². The van der Waals surface area contributed by atoms with E-state index in [0.717, 1.165) is 12.1 Å². The number of anilines is 1. The lowest BCUT2D eigenvalue weighted by molar-refractivity contribution is -0.137. The quantitative estimate of drug-likeness (QED) is 0.388. The number of nitrogens with one attached hydrogen (secondary N) is 2. The molecule has 6 nitrogen and oxygen atoms in total. The Kier molecular flexibility index (Phi) is 8.32. The molecule has 3 aromatic carbocycles. The SMILES string of the molecule is COc1ccc(S(=O)(=O)NC(Cc2ccccc2)C(=O)Nc2ccc(Cl)c(C(F)(F)F)c2)cc1Cl. The van der Waals surface area contributed by atoms with E-state index in [1.807, 2.05) is 0 Å². The molecule has 0 bridgehead atoms. The fraction of sp³-hybridized carbons (Fsp3) is 0.174. The van der Waals surface area contributed by atoms with Gasteiger partial charge in [0.05, 0.1) is 27.6 Å². The van der Waals surface area contributed by atoms with Crippen molar-refractivity contribution in [2.45, 2.75) is 23.5 Å². The van der Waals surface area contributed by atoms with Crippen LogP contribution in [-0.2, 0) is 27.4 Å². The summed E-state index contributed by atoms with van der Waals surface area (Å²) in [5.41, 5.74) is -0.711. The summed E-state index contributed by atoms with van der Waals surface area (Å²) in [7, 11) is -2.88. The number of sulfonamides is 1. The summed E-state index contributed by atoms with van der Waals surface area (Å²) in [4.78, 5) is 12.8. The Morgan fingerprint density at radius 1 is 1.00 bits per heavy atom. The number of rotatable bonds is 8. The van der Waals surface area contributed by atoms with Gasteiger partial charge >= 0.3 is 6.18 Å². The first kappa shape index (κ1) is 26.8. The zero-order chi connectivity index (χ0) is 25.8. The highest BCUT2D eigenvalue weighted by atomic mass is 35.5. The highest BCUT2D eigenvalue weighted by Gasteiger charge is 2.34. The van der Waals surface area contributed by atoms with Gasteiger partial charge in [0.15, 0.2) is 0 Å². The monoisotopic (exact) mass is 546 g/mol. The zero-order valence-electron chi connectivity index (χ0n) is 18.1. The largest absolute Gasteiger partial charge is 0.495 e. The number of benzene rings is 3. The van der Waals surface area contributed by atoms with Crippen LogP contribution in [0.25, 0.3) is 0 Å². The molecule has 3 aromatic rings. The van der Waals surface area contributed by atoms with Crippen LogP contribution in [0, 0.1) is 0 Å². The fourth-order valence-electron chi connectivity index (χ4n) is 3.16. The number of hydrogen-bond acceptors (Lipinski definition) is 4. The molecule has 0 aliphatic rings. The minimum atomic E-state index is -4.74. The van der Waals surface area contributed by atoms with Gasteiger partial charge in [0.2, 0.25) is 15.9 Å². The Bertz CT molecular complexity index is 1320. The highest BCUT2D eigenvalue weighted by molar-refractivity contribution is 7.89. The average Bonchev–Trinajstić information content (AvgIpc) is 2.79. The topological polar surface area (TPSA) is 84.5 Å². The van der Waals surface area contributed by atoms with Gasteiger partial charge in [-0.25, -0.2) is 8.42 Å². The predicted octanol–water partition coefficient (Wildman–Crippen LogP) is 5.55. The predicted molar refractivity (Wildman–Crippen MR) is 127 cm³/mol. The van der Waals surface area contributed by atoms with Gasteiger partial charge in [-0.3, -0.25) is 4.79 Å². The van der Waals surface area contributed by atoms with Crippen LogP contribution in [0.4, 0.5) is 18.9 Å². The molecule has 0 aliphatic carbocycles. The van der Waals surface area contributed by atoms with Gasteiger partial charge < -0.3 is 10.1 Å². The number of hydrogen-bond donors (Lipinski definition) is 2. The lowest BCUT2D eigenvalue weighted by atomic mass is 10.1. The number of methoxy groups -OCH3 is 1. The summed E-state index contributed by atoms with van der Waals surface area (Å²) in [6, 6.07) is 13.8. The van der Waals surface area contributed by atoms with Gasteiger partial charge in [0, 0.05) is 5.69 Å². The van der Waals surface area contributed by atoms with Crippen LogP contribution in [0.15, 0.2) is 71.6 Å². The average molecular weight is 547 g/mol. The van der Waals surface area contributed by atoms with Gasteiger partial charge in [-0.2, -0.15) is 17.9 Å². The second-order valence-electron chi connectivity index (χ2n) is 7.34. The van der Waals surface area contributed by atoms with E-state index in [1.54, 1.807) is 30.3 Å². The van der Waals surface area contributed by atoms with Crippen molar-refractivity contribution >= 4 is 44.8 Å². The third-order valence-corrected chi connectivity index (χ3v) is 6.96. The van der Waals surface area contributed by atoms with Crippen molar-refractivity contribution in [3.8, 4) is 5.75 Å². The van der Waals surface area contributed by atoms with E-state index in [-0.39, 0.29) is 27.8 Å². The molecule has 0 saturated carbocycles. The van der Waals surface area contributed by atoms with Gasteiger partial charge in [0.1, 0.15) is 11.8 Å². The third kappa shape index (κ3) is 6.88. The summed E-state index contributed by atoms with van der Waals surface area (Å²) in [5.74, 6) is -0.611. The zero-order valence-corrected chi connectivity index (χ0v) is 20.4. The standard InChI is InChI=1S/C23H19Cl2F3N2O4S/c1-34-21-10-8-16(13-19(21)25)35(32,33)30-20(11-14-5-3-2-4-6-14)22(31)29-15-7-9-18(24)17(12-15)23(26,27)28/h2-10,12-13,20,30H,11H2,1H3,(H,29,31). The van der Waals surface area contributed by atoms with Gasteiger partial charge in [-0.1, -0.05) is 53.5 Å². The van der Waals surface area contributed by atoms with Crippen LogP contribution in [0.1, 0.15) is 11.1 Å². The van der Waals surface area contributed by atoms with Crippen molar-refractivity contribution in [2.24, 2.45) is 0 Å². The second-order valence-corrected chi connectivity index (χ2v) is 9.87. The second kappa shape index (κ2) is 10.9. The van der Waals surface area contributed by atoms with Gasteiger partial charge in [0.25, 0.3) is 0 Å². The van der Waals surface area contributed by atoms with Crippen LogP contribution in [-0.4, -0.2) is 27.5 Å². The molecule has 186 valence electrons. The Morgan fingerprint density at radius 3 is 2.29 bits per heavy atom. The van der Waals surface area contributed by atoms with E-state index >= 15 is 0 Å². The first-order valence-electron chi connectivity index (χ1n) is 9.98. The van der Waals surface area contributed by atoms with Crippen molar-refractivity contribution in [3.05, 3.63) is 87.9 Å². The van der Waals surface area contributed by atoms with Crippen molar-refractivity contribution in [1.29, 1.82) is 0 Å². The molecule has 0 radical (unpaired) electrons. The molecule has 0 aromatic heterocycles. The van der Waals surface area contributed by atoms with Gasteiger partial charge in [-0.05, 0) is 48.4 Å². The van der Waals surface area contributed by atoms with E-state index in [1.165, 1.54) is 25.3 Å². The first-order valence-corrected chi connectivity index (χ1v) is 12.2. The Balaban J connectivity index is 1.91. The Labute approximate surface area is 210 Å². The van der Waals surface area contributed by atoms with Crippen LogP contribution in [0.5, 0.6) is 5.75 Å². The van der Waals surface area contributed by atoms with E-state index < -0.39 is 38.7 Å². The normalized spacial score (nSPS) is 12.7. The van der Waals surface area contributed by atoms with Gasteiger partial charge in [-0.15, -0.1) is 0 Å². The molecule has 0 spiro atoms. The van der Waals surface area contributed by atoms with Crippen molar-refractivity contribution in [2.75, 3.05) is 12.4 Å². The molecule has 12 heteroatoms. The maximum absolute atomic E-state index is 13.2. The molecular weight excluding hydrogens is 528 g/mol. The highest BCUT2D eigenvalue weighted by Crippen LogP contribution is 2.36. The number of carbonyl (C=O) groups excluding carboxylic acids is 1. The number of halogens is 5. The van der Waals surface area contributed by atoms with Crippen LogP contribution in [0.3, 0.4) is 0 Å². The molecule has 3 rings (SSSR count). The lowest BCUT2D eigenvalue weighted by Crippen LogP contribution is -2.45. The maximum Gasteiger partial charge on any atom is 0.417 e. The molecule has 2 N–H and O–H groups in total. The van der Waals surface area contributed by atoms with Crippen LogP contribution in [0.2, 0.25) is 10.0 Å². The van der Waals surface area contributed by atoms with Crippen LogP contribution < -0.4 is 14.8 Å². The van der Waals surface area contributed by atoms with E-state index in [9.17, 15) is 26.4 Å². The van der Waals surface area contributed by atoms with Crippen molar-refractivity contribution < 1.29 is 31.1 Å². The molecule has 0 aliphatic heterocycles. The Morgan fingerprint density at radius 2 is 1.69 bits per heavy atom. The maximum atomic E-state index is 13.2. The number of carbonyl (C=O) groups is 1. The van der Waals surface area contributed by atoms with Crippen LogP contribution >= 0.6 is 23.2 Å². The molecule has 0 fully saturated rings. The smallest absolute Gasteiger partial charge is 0.417 e. The molecule has 35 heavy (non-hydrogen) atoms. The lowest BCUT2D eigenvalue weighted by Gasteiger charge is -2.20. The number of ether oxygens (including phenoxy) is 1. The minimum absolute atomic E-state index is 0.0419. The molecule has 0 saturated heterocycles.